The first-order valence-corrected chi connectivity index (χ1v) is 11.3. The number of nitrogens with zero attached hydrogens (tertiary/aromatic N) is 5. The molecule has 3 unspecified atom stereocenters. The molecule has 1 N–H and O–H groups in total. The number of likely N-dealkylation sites (N-methyl/N-ethyl adjacent to an activating group) is 1. The Morgan fingerprint density at radius 2 is 2.00 bits per heavy atom. The molecule has 1 saturated heterocycles. The zero-order valence-electron chi connectivity index (χ0n) is 18.5. The molecule has 0 amide bonds. The summed E-state index contributed by atoms with van der Waals surface area (Å²) in [6, 6.07) is 7.79. The summed E-state index contributed by atoms with van der Waals surface area (Å²) in [5, 5.41) is 24.7. The van der Waals surface area contributed by atoms with Gasteiger partial charge in [-0.3, -0.25) is 4.90 Å². The summed E-state index contributed by atoms with van der Waals surface area (Å²) in [6.07, 6.45) is 3.85. The average Bonchev–Trinajstić information content (AvgIpc) is 3.39. The molecule has 8 heteroatoms. The number of aryl methyl sites for hydroxylation is 1. The van der Waals surface area contributed by atoms with Crippen LogP contribution in [0.1, 0.15) is 39.3 Å². The fourth-order valence-corrected chi connectivity index (χ4v) is 5.78. The van der Waals surface area contributed by atoms with Crippen molar-refractivity contribution in [1.82, 2.24) is 24.9 Å². The number of aromatic hydroxyl groups is 1. The minimum absolute atomic E-state index is 0.0319. The smallest absolute Gasteiger partial charge is 0.294 e. The Labute approximate surface area is 186 Å². The van der Waals surface area contributed by atoms with Crippen LogP contribution in [0.2, 0.25) is 0 Å². The number of aromatic nitrogens is 4. The van der Waals surface area contributed by atoms with Gasteiger partial charge in [0.05, 0.1) is 16.9 Å². The van der Waals surface area contributed by atoms with Gasteiger partial charge in [0, 0.05) is 36.7 Å². The van der Waals surface area contributed by atoms with Crippen LogP contribution in [0.15, 0.2) is 41.6 Å². The van der Waals surface area contributed by atoms with E-state index < -0.39 is 0 Å². The highest BCUT2D eigenvalue weighted by Crippen LogP contribution is 2.47. The molecular weight excluding hydrogens is 410 g/mol. The molecule has 7 nitrogen and oxygen atoms in total. The molecule has 2 aromatic heterocycles. The minimum atomic E-state index is 0.0319. The molecule has 2 aliphatic rings. The van der Waals surface area contributed by atoms with Crippen LogP contribution in [0.5, 0.6) is 10.9 Å². The van der Waals surface area contributed by atoms with E-state index in [9.17, 15) is 5.11 Å². The van der Waals surface area contributed by atoms with Gasteiger partial charge < -0.3 is 9.84 Å². The fourth-order valence-electron chi connectivity index (χ4n) is 4.98. The third kappa shape index (κ3) is 3.25. The predicted molar refractivity (Wildman–Crippen MR) is 121 cm³/mol. The molecule has 2 bridgehead atoms. The molecule has 1 aromatic carbocycles. The van der Waals surface area contributed by atoms with Gasteiger partial charge >= 0.3 is 0 Å². The van der Waals surface area contributed by atoms with Crippen LogP contribution in [-0.4, -0.2) is 54.7 Å². The Bertz CT molecular complexity index is 1180. The van der Waals surface area contributed by atoms with Gasteiger partial charge in [-0.1, -0.05) is 27.6 Å². The largest absolute Gasteiger partial charge is 0.507 e. The summed E-state index contributed by atoms with van der Waals surface area (Å²) < 4.78 is 8.02. The average molecular weight is 438 g/mol. The van der Waals surface area contributed by atoms with Crippen molar-refractivity contribution in [3.8, 4) is 27.2 Å². The molecule has 31 heavy (non-hydrogen) atoms. The molecule has 0 aliphatic carbocycles. The van der Waals surface area contributed by atoms with Crippen molar-refractivity contribution in [3.05, 3.63) is 47.3 Å². The zero-order valence-corrected chi connectivity index (χ0v) is 19.3. The molecule has 3 aromatic rings. The Kier molecular flexibility index (Phi) is 4.67. The molecule has 2 aliphatic heterocycles. The highest BCUT2D eigenvalue weighted by Gasteiger charge is 2.50. The number of phenolic OH excluding ortho intramolecular Hbond substituents is 1. The predicted octanol–water partition coefficient (Wildman–Crippen LogP) is 4.36. The van der Waals surface area contributed by atoms with E-state index in [-0.39, 0.29) is 17.4 Å². The molecule has 4 heterocycles. The summed E-state index contributed by atoms with van der Waals surface area (Å²) in [6.45, 7) is 8.72. The number of hydrogen-bond acceptors (Lipinski definition) is 7. The number of rotatable bonds is 4. The van der Waals surface area contributed by atoms with Crippen LogP contribution >= 0.6 is 11.3 Å². The van der Waals surface area contributed by atoms with Crippen molar-refractivity contribution >= 4 is 11.3 Å². The summed E-state index contributed by atoms with van der Waals surface area (Å²) in [4.78, 5) is 2.48. The van der Waals surface area contributed by atoms with Crippen molar-refractivity contribution in [1.29, 1.82) is 0 Å². The van der Waals surface area contributed by atoms with Crippen molar-refractivity contribution in [3.63, 3.8) is 0 Å². The van der Waals surface area contributed by atoms with Gasteiger partial charge in [0.1, 0.15) is 11.9 Å². The Morgan fingerprint density at radius 1 is 1.19 bits per heavy atom. The van der Waals surface area contributed by atoms with Crippen LogP contribution in [-0.2, 0) is 0 Å². The third-order valence-electron chi connectivity index (χ3n) is 7.13. The summed E-state index contributed by atoms with van der Waals surface area (Å²) in [7, 11) is 2.21. The second-order valence-electron chi connectivity index (χ2n) is 8.86. The lowest BCUT2D eigenvalue weighted by molar-refractivity contribution is 0.0239. The molecule has 162 valence electrons. The number of ether oxygens (including phenoxy) is 1. The zero-order chi connectivity index (χ0) is 21.9. The molecule has 3 atom stereocenters. The standard InChI is InChI=1S/C23H27N5O2S/c1-13-8-9-28(26-13)16-6-7-18(20(29)10-16)21-24-25-22(31-21)30-17-11-19-14(2)15(3)23(4,12-17)27(19)5/h6-10,17,19,29H,11-12H2,1-5H3. The topological polar surface area (TPSA) is 76.3 Å². The van der Waals surface area contributed by atoms with Crippen molar-refractivity contribution in [2.75, 3.05) is 7.05 Å². The monoisotopic (exact) mass is 437 g/mol. The molecular formula is C23H27N5O2S. The van der Waals surface area contributed by atoms with Gasteiger partial charge in [0.15, 0.2) is 5.01 Å². The Hall–Kier alpha value is -2.71. The van der Waals surface area contributed by atoms with Crippen LogP contribution in [0.3, 0.4) is 0 Å². The second kappa shape index (κ2) is 7.17. The normalized spacial score (nSPS) is 26.0. The van der Waals surface area contributed by atoms with Gasteiger partial charge in [0.2, 0.25) is 0 Å². The maximum Gasteiger partial charge on any atom is 0.294 e. The molecule has 1 fully saturated rings. The quantitative estimate of drug-likeness (QED) is 0.612. The molecule has 0 radical (unpaired) electrons. The Morgan fingerprint density at radius 3 is 2.68 bits per heavy atom. The van der Waals surface area contributed by atoms with E-state index in [0.29, 0.717) is 21.8 Å². The number of piperidine rings is 1. The van der Waals surface area contributed by atoms with Crippen LogP contribution < -0.4 is 4.74 Å². The Balaban J connectivity index is 1.33. The van der Waals surface area contributed by atoms with Crippen molar-refractivity contribution < 1.29 is 9.84 Å². The number of phenols is 1. The fraction of sp³-hybridized carbons (Fsp3) is 0.435. The summed E-state index contributed by atoms with van der Waals surface area (Å²) in [5.41, 5.74) is 5.32. The first-order chi connectivity index (χ1) is 14.8. The van der Waals surface area contributed by atoms with Gasteiger partial charge in [0.25, 0.3) is 5.19 Å². The van der Waals surface area contributed by atoms with Crippen LogP contribution in [0.25, 0.3) is 16.3 Å². The van der Waals surface area contributed by atoms with E-state index in [1.54, 1.807) is 10.7 Å². The third-order valence-corrected chi connectivity index (χ3v) is 7.98. The summed E-state index contributed by atoms with van der Waals surface area (Å²) >= 11 is 1.37. The highest BCUT2D eigenvalue weighted by molar-refractivity contribution is 7.16. The molecule has 0 spiro atoms. The van der Waals surface area contributed by atoms with E-state index in [4.69, 9.17) is 4.74 Å². The van der Waals surface area contributed by atoms with E-state index in [0.717, 1.165) is 24.2 Å². The lowest BCUT2D eigenvalue weighted by Gasteiger charge is -2.44. The van der Waals surface area contributed by atoms with E-state index in [1.165, 1.54) is 22.5 Å². The van der Waals surface area contributed by atoms with Crippen LogP contribution in [0.4, 0.5) is 0 Å². The lowest BCUT2D eigenvalue weighted by Crippen LogP contribution is -2.53. The van der Waals surface area contributed by atoms with E-state index in [2.05, 4.69) is 48.0 Å². The van der Waals surface area contributed by atoms with Gasteiger partial charge in [-0.25, -0.2) is 4.68 Å². The first kappa shape index (κ1) is 20.2. The van der Waals surface area contributed by atoms with Gasteiger partial charge in [-0.05, 0) is 52.9 Å². The maximum atomic E-state index is 10.6. The molecule has 5 rings (SSSR count). The van der Waals surface area contributed by atoms with Crippen molar-refractivity contribution in [2.24, 2.45) is 0 Å². The van der Waals surface area contributed by atoms with E-state index in [1.807, 2.05) is 31.3 Å². The number of fused-ring (bicyclic) bond motifs is 2. The summed E-state index contributed by atoms with van der Waals surface area (Å²) in [5.74, 6) is 0.147. The van der Waals surface area contributed by atoms with Gasteiger partial charge in [-0.2, -0.15) is 5.10 Å². The minimum Gasteiger partial charge on any atom is -0.507 e. The lowest BCUT2D eigenvalue weighted by atomic mass is 9.85. The number of hydrogen-bond donors (Lipinski definition) is 1. The maximum absolute atomic E-state index is 10.6. The highest BCUT2D eigenvalue weighted by atomic mass is 32.1. The molecule has 0 saturated carbocycles. The van der Waals surface area contributed by atoms with Gasteiger partial charge in [-0.15, -0.1) is 5.10 Å². The van der Waals surface area contributed by atoms with Crippen molar-refractivity contribution in [2.45, 2.75) is 58.2 Å². The van der Waals surface area contributed by atoms with E-state index >= 15 is 0 Å². The second-order valence-corrected chi connectivity index (χ2v) is 9.80. The SMILES string of the molecule is CC1=C(C)C2(C)CC(Oc3nnc(-c4ccc(-n5ccc(C)n5)cc4O)s3)CC1N2C. The number of benzene rings is 1. The first-order valence-electron chi connectivity index (χ1n) is 10.5. The van der Waals surface area contributed by atoms with Crippen LogP contribution in [0, 0.1) is 6.92 Å².